The molecule has 0 aromatic heterocycles. The van der Waals surface area contributed by atoms with Crippen LogP contribution in [-0.4, -0.2) is 6.61 Å². The third kappa shape index (κ3) is 3.81. The number of alkyl halides is 5. The van der Waals surface area contributed by atoms with Crippen LogP contribution in [0.3, 0.4) is 0 Å². The van der Waals surface area contributed by atoms with Gasteiger partial charge in [-0.3, -0.25) is 0 Å². The second kappa shape index (κ2) is 6.30. The number of rotatable bonds is 3. The van der Waals surface area contributed by atoms with Crippen LogP contribution in [0.4, 0.5) is 22.0 Å². The zero-order valence-electron chi connectivity index (χ0n) is 10.6. The fraction of sp³-hybridized carbons (Fsp3) is 0.143. The van der Waals surface area contributed by atoms with Gasteiger partial charge in [0, 0.05) is 15.6 Å². The monoisotopic (exact) mass is 356 g/mol. The Balaban J connectivity index is 2.65. The van der Waals surface area contributed by atoms with Gasteiger partial charge in [-0.2, -0.15) is 22.0 Å². The van der Waals surface area contributed by atoms with Crippen LogP contribution in [0.5, 0.6) is 5.75 Å². The fourth-order valence-electron chi connectivity index (χ4n) is 1.85. The number of benzene rings is 2. The zero-order valence-corrected chi connectivity index (χ0v) is 12.1. The largest absolute Gasteiger partial charge is 0.435 e. The summed E-state index contributed by atoms with van der Waals surface area (Å²) in [5.41, 5.74) is -1.10. The third-order valence-electron chi connectivity index (χ3n) is 2.71. The van der Waals surface area contributed by atoms with Crippen LogP contribution in [0.2, 0.25) is 10.0 Å². The first-order valence-corrected chi connectivity index (χ1v) is 6.55. The van der Waals surface area contributed by atoms with E-state index >= 15 is 0 Å². The maximum absolute atomic E-state index is 12.9. The van der Waals surface area contributed by atoms with Crippen LogP contribution in [-0.2, 0) is 6.18 Å². The van der Waals surface area contributed by atoms with Gasteiger partial charge in [-0.05, 0) is 35.9 Å². The molecule has 2 aromatic carbocycles. The summed E-state index contributed by atoms with van der Waals surface area (Å²) in [6.07, 6.45) is -4.73. The minimum atomic E-state index is -4.73. The molecule has 118 valence electrons. The molecule has 0 aliphatic rings. The van der Waals surface area contributed by atoms with Gasteiger partial charge in [-0.15, -0.1) is 0 Å². The lowest BCUT2D eigenvalue weighted by Gasteiger charge is -2.14. The summed E-state index contributed by atoms with van der Waals surface area (Å²) in [5.74, 6) is -0.629. The average Bonchev–Trinajstić information content (AvgIpc) is 2.36. The molecule has 0 heterocycles. The van der Waals surface area contributed by atoms with E-state index in [1.165, 1.54) is 18.2 Å². The topological polar surface area (TPSA) is 9.23 Å². The third-order valence-corrected chi connectivity index (χ3v) is 3.34. The Bertz CT molecular complexity index is 665. The van der Waals surface area contributed by atoms with E-state index in [1.54, 1.807) is 0 Å². The summed E-state index contributed by atoms with van der Waals surface area (Å²) in [5, 5.41) is 0.185. The molecule has 0 unspecified atom stereocenters. The molecule has 2 aromatic rings. The van der Waals surface area contributed by atoms with E-state index in [-0.39, 0.29) is 21.2 Å². The van der Waals surface area contributed by atoms with Crippen molar-refractivity contribution < 1.29 is 26.7 Å². The van der Waals surface area contributed by atoms with Crippen LogP contribution >= 0.6 is 23.2 Å². The smallest absolute Gasteiger partial charge is 0.416 e. The van der Waals surface area contributed by atoms with Gasteiger partial charge in [0.15, 0.2) is 0 Å². The molecule has 0 atom stereocenters. The molecule has 8 heteroatoms. The molecule has 0 radical (unpaired) electrons. The van der Waals surface area contributed by atoms with Crippen molar-refractivity contribution in [2.75, 3.05) is 0 Å². The van der Waals surface area contributed by atoms with E-state index in [0.29, 0.717) is 6.07 Å². The molecular weight excluding hydrogens is 350 g/mol. The maximum atomic E-state index is 12.9. The molecule has 2 rings (SSSR count). The van der Waals surface area contributed by atoms with Gasteiger partial charge in [0.25, 0.3) is 0 Å². The highest BCUT2D eigenvalue weighted by atomic mass is 35.5. The number of halogens is 7. The number of ether oxygens (including phenoxy) is 1. The van der Waals surface area contributed by atoms with Crippen molar-refractivity contribution in [3.8, 4) is 16.9 Å². The van der Waals surface area contributed by atoms with Gasteiger partial charge in [-0.25, -0.2) is 0 Å². The number of hydrogen-bond acceptors (Lipinski definition) is 1. The summed E-state index contributed by atoms with van der Waals surface area (Å²) in [7, 11) is 0. The molecule has 0 spiro atoms. The standard InChI is InChI=1S/C14H7Cl2F5O/c15-10-2-1-3-11(16)12(10)7-4-8(14(19,20)21)6-9(5-7)22-13(17)18/h1-6,13H. The maximum Gasteiger partial charge on any atom is 0.416 e. The van der Waals surface area contributed by atoms with E-state index in [4.69, 9.17) is 23.2 Å². The van der Waals surface area contributed by atoms with E-state index in [9.17, 15) is 22.0 Å². The Morgan fingerprint density at radius 3 is 2.05 bits per heavy atom. The van der Waals surface area contributed by atoms with Crippen molar-refractivity contribution in [1.29, 1.82) is 0 Å². The number of hydrogen-bond donors (Lipinski definition) is 0. The van der Waals surface area contributed by atoms with Crippen molar-refractivity contribution in [2.45, 2.75) is 12.8 Å². The highest BCUT2D eigenvalue weighted by Crippen LogP contribution is 2.40. The van der Waals surface area contributed by atoms with Gasteiger partial charge in [0.05, 0.1) is 5.56 Å². The first kappa shape index (κ1) is 16.8. The van der Waals surface area contributed by atoms with Crippen LogP contribution in [0.1, 0.15) is 5.56 Å². The molecule has 0 aliphatic heterocycles. The summed E-state index contributed by atoms with van der Waals surface area (Å²) < 4.78 is 67.3. The van der Waals surface area contributed by atoms with E-state index in [1.807, 2.05) is 0 Å². The minimum Gasteiger partial charge on any atom is -0.435 e. The Hall–Kier alpha value is -1.53. The molecule has 0 aliphatic carbocycles. The minimum absolute atomic E-state index is 0.0684. The zero-order chi connectivity index (χ0) is 16.5. The fourth-order valence-corrected chi connectivity index (χ4v) is 2.47. The lowest BCUT2D eigenvalue weighted by molar-refractivity contribution is -0.138. The predicted molar refractivity (Wildman–Crippen MR) is 73.5 cm³/mol. The van der Waals surface area contributed by atoms with Crippen molar-refractivity contribution >= 4 is 23.2 Å². The lowest BCUT2D eigenvalue weighted by Crippen LogP contribution is -2.08. The first-order valence-electron chi connectivity index (χ1n) is 5.80. The second-order valence-electron chi connectivity index (χ2n) is 4.22. The SMILES string of the molecule is FC(F)Oc1cc(-c2c(Cl)cccc2Cl)cc(C(F)(F)F)c1. The van der Waals surface area contributed by atoms with E-state index in [2.05, 4.69) is 4.74 Å². The average molecular weight is 357 g/mol. The Labute approximate surface area is 132 Å². The highest BCUT2D eigenvalue weighted by molar-refractivity contribution is 6.39. The van der Waals surface area contributed by atoms with Crippen molar-refractivity contribution in [3.63, 3.8) is 0 Å². The lowest BCUT2D eigenvalue weighted by atomic mass is 10.0. The Kier molecular flexibility index (Phi) is 4.82. The molecule has 0 amide bonds. The molecule has 0 saturated carbocycles. The molecule has 0 fully saturated rings. The van der Waals surface area contributed by atoms with Gasteiger partial charge in [-0.1, -0.05) is 29.3 Å². The summed E-state index contributed by atoms with van der Waals surface area (Å²) in [6.45, 7) is -3.25. The van der Waals surface area contributed by atoms with Crippen molar-refractivity contribution in [3.05, 3.63) is 52.0 Å². The van der Waals surface area contributed by atoms with Crippen LogP contribution in [0.15, 0.2) is 36.4 Å². The Morgan fingerprint density at radius 2 is 1.55 bits per heavy atom. The van der Waals surface area contributed by atoms with Crippen LogP contribution in [0.25, 0.3) is 11.1 Å². The molecule has 0 saturated heterocycles. The quantitative estimate of drug-likeness (QED) is 0.588. The Morgan fingerprint density at radius 1 is 0.955 bits per heavy atom. The normalized spacial score (nSPS) is 11.8. The van der Waals surface area contributed by atoms with Gasteiger partial charge < -0.3 is 4.74 Å². The summed E-state index contributed by atoms with van der Waals surface area (Å²) in [6, 6.07) is 6.64. The van der Waals surface area contributed by atoms with Crippen LogP contribution in [0, 0.1) is 0 Å². The second-order valence-corrected chi connectivity index (χ2v) is 5.03. The van der Waals surface area contributed by atoms with E-state index < -0.39 is 24.1 Å². The van der Waals surface area contributed by atoms with Crippen LogP contribution < -0.4 is 4.74 Å². The summed E-state index contributed by atoms with van der Waals surface area (Å²) >= 11 is 11.9. The predicted octanol–water partition coefficient (Wildman–Crippen LogP) is 6.28. The van der Waals surface area contributed by atoms with E-state index in [0.717, 1.165) is 12.1 Å². The van der Waals surface area contributed by atoms with Crippen molar-refractivity contribution in [2.24, 2.45) is 0 Å². The van der Waals surface area contributed by atoms with Gasteiger partial charge in [0.2, 0.25) is 0 Å². The van der Waals surface area contributed by atoms with Crippen molar-refractivity contribution in [1.82, 2.24) is 0 Å². The molecule has 1 nitrogen and oxygen atoms in total. The molecular formula is C14H7Cl2F5O. The molecule has 22 heavy (non-hydrogen) atoms. The van der Waals surface area contributed by atoms with Gasteiger partial charge >= 0.3 is 12.8 Å². The highest BCUT2D eigenvalue weighted by Gasteiger charge is 2.32. The summed E-state index contributed by atoms with van der Waals surface area (Å²) in [4.78, 5) is 0. The first-order chi connectivity index (χ1) is 10.2. The molecule has 0 N–H and O–H groups in total. The molecule has 0 bridgehead atoms. The van der Waals surface area contributed by atoms with Gasteiger partial charge in [0.1, 0.15) is 5.75 Å².